The number of pyridine rings is 1. The van der Waals surface area contributed by atoms with E-state index >= 15 is 0 Å². The summed E-state index contributed by atoms with van der Waals surface area (Å²) in [4.78, 5) is 6.58. The van der Waals surface area contributed by atoms with Gasteiger partial charge >= 0.3 is 0 Å². The van der Waals surface area contributed by atoms with Crippen molar-refractivity contribution in [2.45, 2.75) is 25.6 Å². The highest BCUT2D eigenvalue weighted by atomic mass is 16.5. The van der Waals surface area contributed by atoms with Gasteiger partial charge in [-0.05, 0) is 37.1 Å². The minimum atomic E-state index is 0.300. The first kappa shape index (κ1) is 17.6. The van der Waals surface area contributed by atoms with Crippen LogP contribution in [0.15, 0.2) is 54.9 Å². The minimum absolute atomic E-state index is 0.300. The number of likely N-dealkylation sites (tertiary alicyclic amines) is 1. The van der Waals surface area contributed by atoms with E-state index in [1.807, 2.05) is 30.5 Å². The van der Waals surface area contributed by atoms with Gasteiger partial charge in [-0.15, -0.1) is 0 Å². The Morgan fingerprint density at radius 3 is 3.00 bits per heavy atom. The third-order valence-electron chi connectivity index (χ3n) is 4.47. The Morgan fingerprint density at radius 2 is 2.16 bits per heavy atom. The summed E-state index contributed by atoms with van der Waals surface area (Å²) in [6, 6.07) is 12.1. The van der Waals surface area contributed by atoms with Crippen LogP contribution in [0.25, 0.3) is 6.08 Å². The van der Waals surface area contributed by atoms with E-state index in [1.165, 1.54) is 6.42 Å². The summed E-state index contributed by atoms with van der Waals surface area (Å²) in [5.41, 5.74) is 2.25. The van der Waals surface area contributed by atoms with Crippen LogP contribution in [0.3, 0.4) is 0 Å². The van der Waals surface area contributed by atoms with Crippen molar-refractivity contribution in [3.63, 3.8) is 0 Å². The van der Waals surface area contributed by atoms with Crippen LogP contribution in [-0.2, 0) is 11.3 Å². The summed E-state index contributed by atoms with van der Waals surface area (Å²) < 4.78 is 11.5. The largest absolute Gasteiger partial charge is 0.496 e. The molecule has 132 valence electrons. The van der Waals surface area contributed by atoms with Crippen LogP contribution in [0.2, 0.25) is 0 Å². The van der Waals surface area contributed by atoms with E-state index in [4.69, 9.17) is 9.47 Å². The second-order valence-electron chi connectivity index (χ2n) is 6.34. The fourth-order valence-electron chi connectivity index (χ4n) is 3.15. The lowest BCUT2D eigenvalue weighted by molar-refractivity contribution is -0.00716. The number of hydrogen-bond acceptors (Lipinski definition) is 4. The fraction of sp³-hybridized carbons (Fsp3) is 0.381. The zero-order valence-corrected chi connectivity index (χ0v) is 14.8. The fourth-order valence-corrected chi connectivity index (χ4v) is 3.15. The first-order valence-electron chi connectivity index (χ1n) is 8.87. The molecule has 0 radical (unpaired) electrons. The van der Waals surface area contributed by atoms with E-state index in [0.717, 1.165) is 42.9 Å². The van der Waals surface area contributed by atoms with Crippen LogP contribution >= 0.6 is 0 Å². The predicted octanol–water partition coefficient (Wildman–Crippen LogP) is 3.78. The van der Waals surface area contributed by atoms with Crippen molar-refractivity contribution in [3.05, 3.63) is 66.0 Å². The van der Waals surface area contributed by atoms with Crippen LogP contribution in [0.4, 0.5) is 0 Å². The summed E-state index contributed by atoms with van der Waals surface area (Å²) >= 11 is 0. The number of benzene rings is 1. The van der Waals surface area contributed by atoms with E-state index in [2.05, 4.69) is 34.2 Å². The molecule has 0 aliphatic carbocycles. The second-order valence-corrected chi connectivity index (χ2v) is 6.34. The number of aromatic nitrogens is 1. The molecular weight excluding hydrogens is 312 g/mol. The van der Waals surface area contributed by atoms with Gasteiger partial charge in [0.25, 0.3) is 0 Å². The molecule has 0 amide bonds. The first-order chi connectivity index (χ1) is 12.3. The minimum Gasteiger partial charge on any atom is -0.496 e. The summed E-state index contributed by atoms with van der Waals surface area (Å²) in [5.74, 6) is 0.912. The predicted molar refractivity (Wildman–Crippen MR) is 101 cm³/mol. The Balaban J connectivity index is 1.47. The zero-order chi connectivity index (χ0) is 17.3. The smallest absolute Gasteiger partial charge is 0.126 e. The quantitative estimate of drug-likeness (QED) is 0.769. The molecule has 4 nitrogen and oxygen atoms in total. The number of para-hydroxylation sites is 1. The molecule has 1 aliphatic rings. The Hall–Kier alpha value is -2.17. The maximum atomic E-state index is 6.07. The van der Waals surface area contributed by atoms with Crippen molar-refractivity contribution in [2.75, 3.05) is 26.7 Å². The van der Waals surface area contributed by atoms with Crippen LogP contribution in [-0.4, -0.2) is 42.7 Å². The van der Waals surface area contributed by atoms with Crippen molar-refractivity contribution in [2.24, 2.45) is 0 Å². The lowest BCUT2D eigenvalue weighted by atomic mass is 10.1. The van der Waals surface area contributed by atoms with Gasteiger partial charge in [0.15, 0.2) is 0 Å². The molecule has 1 saturated heterocycles. The molecular formula is C21H26N2O2. The number of rotatable bonds is 7. The average Bonchev–Trinajstić information content (AvgIpc) is 2.68. The maximum absolute atomic E-state index is 6.07. The summed E-state index contributed by atoms with van der Waals surface area (Å²) in [6.07, 6.45) is 10.6. The Kier molecular flexibility index (Phi) is 6.60. The SMILES string of the molecule is COc1ccccc1/C=C/CN1CCC[C@H](OCc2cccnc2)C1. The van der Waals surface area contributed by atoms with Crippen molar-refractivity contribution < 1.29 is 9.47 Å². The van der Waals surface area contributed by atoms with Crippen molar-refractivity contribution >= 4 is 6.08 Å². The van der Waals surface area contributed by atoms with E-state index in [0.29, 0.717) is 12.7 Å². The third-order valence-corrected chi connectivity index (χ3v) is 4.47. The van der Waals surface area contributed by atoms with E-state index in [1.54, 1.807) is 13.3 Å². The van der Waals surface area contributed by atoms with Gasteiger partial charge in [0, 0.05) is 31.0 Å². The molecule has 1 aromatic heterocycles. The van der Waals surface area contributed by atoms with Crippen molar-refractivity contribution in [3.8, 4) is 5.75 Å². The molecule has 4 heteroatoms. The van der Waals surface area contributed by atoms with Gasteiger partial charge in [-0.2, -0.15) is 0 Å². The van der Waals surface area contributed by atoms with Gasteiger partial charge in [-0.1, -0.05) is 36.4 Å². The summed E-state index contributed by atoms with van der Waals surface area (Å²) in [5, 5.41) is 0. The summed E-state index contributed by atoms with van der Waals surface area (Å²) in [7, 11) is 1.71. The lowest BCUT2D eigenvalue weighted by Crippen LogP contribution is -2.39. The molecule has 0 spiro atoms. The van der Waals surface area contributed by atoms with Crippen LogP contribution in [0.1, 0.15) is 24.0 Å². The highest BCUT2D eigenvalue weighted by Gasteiger charge is 2.19. The average molecular weight is 338 g/mol. The van der Waals surface area contributed by atoms with Gasteiger partial charge in [-0.3, -0.25) is 9.88 Å². The summed E-state index contributed by atoms with van der Waals surface area (Å²) in [6.45, 7) is 3.69. The molecule has 1 aromatic carbocycles. The van der Waals surface area contributed by atoms with Crippen molar-refractivity contribution in [1.82, 2.24) is 9.88 Å². The number of hydrogen-bond donors (Lipinski definition) is 0. The van der Waals surface area contributed by atoms with Crippen LogP contribution in [0, 0.1) is 0 Å². The van der Waals surface area contributed by atoms with Crippen LogP contribution < -0.4 is 4.74 Å². The Bertz CT molecular complexity index is 673. The normalized spacial score (nSPS) is 18.5. The third kappa shape index (κ3) is 5.41. The van der Waals surface area contributed by atoms with E-state index in [9.17, 15) is 0 Å². The van der Waals surface area contributed by atoms with Gasteiger partial charge in [0.1, 0.15) is 5.75 Å². The maximum Gasteiger partial charge on any atom is 0.126 e. The molecule has 1 atom stereocenters. The highest BCUT2D eigenvalue weighted by Crippen LogP contribution is 2.19. The molecule has 0 N–H and O–H groups in total. The zero-order valence-electron chi connectivity index (χ0n) is 14.8. The van der Waals surface area contributed by atoms with Crippen molar-refractivity contribution in [1.29, 1.82) is 0 Å². The second kappa shape index (κ2) is 9.35. The molecule has 2 aromatic rings. The molecule has 1 aliphatic heterocycles. The highest BCUT2D eigenvalue weighted by molar-refractivity contribution is 5.57. The number of methoxy groups -OCH3 is 1. The van der Waals surface area contributed by atoms with Gasteiger partial charge in [0.2, 0.25) is 0 Å². The topological polar surface area (TPSA) is 34.6 Å². The van der Waals surface area contributed by atoms with Crippen LogP contribution in [0.5, 0.6) is 5.75 Å². The lowest BCUT2D eigenvalue weighted by Gasteiger charge is -2.31. The number of ether oxygens (including phenoxy) is 2. The molecule has 25 heavy (non-hydrogen) atoms. The number of nitrogens with zero attached hydrogens (tertiary/aromatic N) is 2. The molecule has 0 bridgehead atoms. The van der Waals surface area contributed by atoms with Gasteiger partial charge in [0.05, 0.1) is 19.8 Å². The first-order valence-corrected chi connectivity index (χ1v) is 8.87. The molecule has 0 unspecified atom stereocenters. The molecule has 3 rings (SSSR count). The van der Waals surface area contributed by atoms with Gasteiger partial charge < -0.3 is 9.47 Å². The van der Waals surface area contributed by atoms with E-state index < -0.39 is 0 Å². The molecule has 0 saturated carbocycles. The number of piperidine rings is 1. The van der Waals surface area contributed by atoms with E-state index in [-0.39, 0.29) is 0 Å². The monoisotopic (exact) mass is 338 g/mol. The van der Waals surface area contributed by atoms with Gasteiger partial charge in [-0.25, -0.2) is 0 Å². The molecule has 1 fully saturated rings. The Labute approximate surface area is 150 Å². The Morgan fingerprint density at radius 1 is 1.24 bits per heavy atom. The molecule has 2 heterocycles. The standard InChI is InChI=1S/C21H26N2O2/c1-24-21-11-3-2-8-19(21)9-5-13-23-14-6-10-20(16-23)25-17-18-7-4-12-22-15-18/h2-5,7-9,11-12,15,20H,6,10,13-14,16-17H2,1H3/b9-5+/t20-/m0/s1.